The van der Waals surface area contributed by atoms with E-state index in [1.807, 2.05) is 18.2 Å². The topological polar surface area (TPSA) is 105 Å². The van der Waals surface area contributed by atoms with Crippen molar-refractivity contribution in [3.63, 3.8) is 0 Å². The number of para-hydroxylation sites is 1. The minimum absolute atomic E-state index is 0.171. The summed E-state index contributed by atoms with van der Waals surface area (Å²) in [5, 5.41) is 3.91. The van der Waals surface area contributed by atoms with E-state index >= 15 is 0 Å². The molecular formula is C25H24N2O7. The monoisotopic (exact) mass is 464 g/mol. The fraction of sp³-hybridized carbons (Fsp3) is 0.160. The number of benzene rings is 3. The van der Waals surface area contributed by atoms with Gasteiger partial charge in [0, 0.05) is 0 Å². The number of rotatable bonds is 10. The number of esters is 1. The number of ether oxygens (including phenoxy) is 5. The van der Waals surface area contributed by atoms with Crippen LogP contribution in [0.3, 0.4) is 0 Å². The van der Waals surface area contributed by atoms with Crippen molar-refractivity contribution >= 4 is 18.1 Å². The molecule has 0 bridgehead atoms. The molecule has 0 saturated carbocycles. The number of carbonyl (C=O) groups excluding carboxylic acids is 2. The predicted octanol–water partition coefficient (Wildman–Crippen LogP) is 3.46. The van der Waals surface area contributed by atoms with E-state index in [1.165, 1.54) is 33.6 Å². The quantitative estimate of drug-likeness (QED) is 0.212. The summed E-state index contributed by atoms with van der Waals surface area (Å²) in [6.07, 6.45) is 1.43. The molecule has 0 aliphatic rings. The first-order valence-corrected chi connectivity index (χ1v) is 10.2. The van der Waals surface area contributed by atoms with Crippen LogP contribution >= 0.6 is 0 Å². The highest BCUT2D eigenvalue weighted by Gasteiger charge is 2.15. The zero-order chi connectivity index (χ0) is 24.3. The summed E-state index contributed by atoms with van der Waals surface area (Å²) in [6, 6.07) is 18.5. The Balaban J connectivity index is 1.60. The zero-order valence-corrected chi connectivity index (χ0v) is 18.9. The normalized spacial score (nSPS) is 10.4. The second-order valence-corrected chi connectivity index (χ2v) is 6.76. The molecule has 176 valence electrons. The van der Waals surface area contributed by atoms with Crippen LogP contribution in [-0.4, -0.2) is 46.0 Å². The highest BCUT2D eigenvalue weighted by molar-refractivity contribution is 5.92. The number of amides is 1. The van der Waals surface area contributed by atoms with Gasteiger partial charge in [-0.1, -0.05) is 18.2 Å². The Morgan fingerprint density at radius 3 is 2.21 bits per heavy atom. The van der Waals surface area contributed by atoms with Crippen molar-refractivity contribution in [2.45, 2.75) is 0 Å². The van der Waals surface area contributed by atoms with Gasteiger partial charge in [-0.2, -0.15) is 5.10 Å². The second kappa shape index (κ2) is 11.9. The maximum atomic E-state index is 12.6. The molecule has 0 unspecified atom stereocenters. The fourth-order valence-electron chi connectivity index (χ4n) is 2.85. The lowest BCUT2D eigenvalue weighted by molar-refractivity contribution is -0.123. The summed E-state index contributed by atoms with van der Waals surface area (Å²) in [5.74, 6) is 1.03. The maximum Gasteiger partial charge on any atom is 0.343 e. The van der Waals surface area contributed by atoms with Crippen molar-refractivity contribution in [1.82, 2.24) is 5.43 Å². The molecule has 3 rings (SSSR count). The Labute approximate surface area is 196 Å². The van der Waals surface area contributed by atoms with Crippen molar-refractivity contribution in [2.24, 2.45) is 5.10 Å². The van der Waals surface area contributed by atoms with Crippen LogP contribution in [0.15, 0.2) is 71.8 Å². The molecule has 0 aromatic heterocycles. The number of hydrazone groups is 1. The molecule has 3 aromatic carbocycles. The van der Waals surface area contributed by atoms with E-state index in [9.17, 15) is 9.59 Å². The lowest BCUT2D eigenvalue weighted by Crippen LogP contribution is -2.24. The van der Waals surface area contributed by atoms with Crippen LogP contribution in [-0.2, 0) is 4.79 Å². The summed E-state index contributed by atoms with van der Waals surface area (Å²) >= 11 is 0. The molecule has 3 aromatic rings. The van der Waals surface area contributed by atoms with Gasteiger partial charge < -0.3 is 23.7 Å². The Bertz CT molecular complexity index is 1160. The number of nitrogens with zero attached hydrogens (tertiary/aromatic N) is 1. The third-order valence-electron chi connectivity index (χ3n) is 4.53. The number of nitrogens with one attached hydrogen (secondary N) is 1. The van der Waals surface area contributed by atoms with Crippen molar-refractivity contribution in [3.8, 4) is 28.7 Å². The number of hydrogen-bond donors (Lipinski definition) is 1. The molecule has 0 aliphatic carbocycles. The highest BCUT2D eigenvalue weighted by atomic mass is 16.6. The van der Waals surface area contributed by atoms with Gasteiger partial charge in [-0.3, -0.25) is 4.79 Å². The third-order valence-corrected chi connectivity index (χ3v) is 4.53. The predicted molar refractivity (Wildman–Crippen MR) is 125 cm³/mol. The molecular weight excluding hydrogens is 440 g/mol. The number of methoxy groups -OCH3 is 3. The first kappa shape index (κ1) is 24.1. The van der Waals surface area contributed by atoms with Crippen molar-refractivity contribution < 1.29 is 33.3 Å². The van der Waals surface area contributed by atoms with Crippen LogP contribution < -0.4 is 29.1 Å². The fourth-order valence-corrected chi connectivity index (χ4v) is 2.85. The zero-order valence-electron chi connectivity index (χ0n) is 18.9. The van der Waals surface area contributed by atoms with Gasteiger partial charge >= 0.3 is 5.97 Å². The van der Waals surface area contributed by atoms with Gasteiger partial charge in [-0.05, 0) is 54.1 Å². The Hall–Kier alpha value is -4.53. The van der Waals surface area contributed by atoms with Gasteiger partial charge in [0.25, 0.3) is 5.91 Å². The second-order valence-electron chi connectivity index (χ2n) is 6.76. The third kappa shape index (κ3) is 6.49. The van der Waals surface area contributed by atoms with E-state index in [2.05, 4.69) is 10.5 Å². The van der Waals surface area contributed by atoms with Crippen molar-refractivity contribution in [1.29, 1.82) is 0 Å². The molecule has 1 amide bonds. The summed E-state index contributed by atoms with van der Waals surface area (Å²) in [4.78, 5) is 24.5. The summed E-state index contributed by atoms with van der Waals surface area (Å²) in [6.45, 7) is -0.171. The largest absolute Gasteiger partial charge is 0.493 e. The van der Waals surface area contributed by atoms with E-state index in [0.717, 1.165) is 0 Å². The molecule has 34 heavy (non-hydrogen) atoms. The number of carbonyl (C=O) groups is 2. The summed E-state index contributed by atoms with van der Waals surface area (Å²) in [5.41, 5.74) is 3.29. The molecule has 0 atom stereocenters. The molecule has 0 heterocycles. The smallest absolute Gasteiger partial charge is 0.343 e. The summed E-state index contributed by atoms with van der Waals surface area (Å²) in [7, 11) is 4.44. The summed E-state index contributed by atoms with van der Waals surface area (Å²) < 4.78 is 26.6. The maximum absolute atomic E-state index is 12.6. The average Bonchev–Trinajstić information content (AvgIpc) is 2.88. The van der Waals surface area contributed by atoms with Gasteiger partial charge in [0.1, 0.15) is 5.75 Å². The lowest BCUT2D eigenvalue weighted by Gasteiger charge is -2.11. The molecule has 9 nitrogen and oxygen atoms in total. The molecule has 0 fully saturated rings. The average molecular weight is 464 g/mol. The van der Waals surface area contributed by atoms with E-state index in [1.54, 1.807) is 42.5 Å². The highest BCUT2D eigenvalue weighted by Crippen LogP contribution is 2.31. The van der Waals surface area contributed by atoms with Gasteiger partial charge in [-0.15, -0.1) is 0 Å². The van der Waals surface area contributed by atoms with E-state index in [0.29, 0.717) is 28.6 Å². The molecule has 9 heteroatoms. The molecule has 0 aliphatic heterocycles. The first-order chi connectivity index (χ1) is 16.5. The van der Waals surface area contributed by atoms with E-state index in [4.69, 9.17) is 23.7 Å². The SMILES string of the molecule is COc1ccc(C(=O)Oc2ccc(/C=N/NC(=O)COc3ccccc3)cc2OC)cc1OC. The van der Waals surface area contributed by atoms with Gasteiger partial charge in [0.2, 0.25) is 0 Å². The standard InChI is InChI=1S/C25H24N2O7/c1-30-20-12-10-18(14-23(20)32-3)25(29)34-21-11-9-17(13-22(21)31-2)15-26-27-24(28)16-33-19-7-5-4-6-8-19/h4-15H,16H2,1-3H3,(H,27,28)/b26-15+. The van der Waals surface area contributed by atoms with Crippen molar-refractivity contribution in [3.05, 3.63) is 77.9 Å². The first-order valence-electron chi connectivity index (χ1n) is 10.2. The Morgan fingerprint density at radius 1 is 0.824 bits per heavy atom. The van der Waals surface area contributed by atoms with Crippen molar-refractivity contribution in [2.75, 3.05) is 27.9 Å². The minimum atomic E-state index is -0.591. The van der Waals surface area contributed by atoms with Gasteiger partial charge in [-0.25, -0.2) is 10.2 Å². The van der Waals surface area contributed by atoms with Crippen LogP contribution in [0.4, 0.5) is 0 Å². The Morgan fingerprint density at radius 2 is 1.50 bits per heavy atom. The molecule has 1 N–H and O–H groups in total. The molecule has 0 saturated heterocycles. The van der Waals surface area contributed by atoms with Crippen LogP contribution in [0.1, 0.15) is 15.9 Å². The Kier molecular flexibility index (Phi) is 8.45. The molecule has 0 radical (unpaired) electrons. The lowest BCUT2D eigenvalue weighted by atomic mass is 10.2. The van der Waals surface area contributed by atoms with Crippen LogP contribution in [0.5, 0.6) is 28.7 Å². The van der Waals surface area contributed by atoms with Crippen LogP contribution in [0.25, 0.3) is 0 Å². The van der Waals surface area contributed by atoms with Crippen LogP contribution in [0.2, 0.25) is 0 Å². The number of hydrogen-bond acceptors (Lipinski definition) is 8. The van der Waals surface area contributed by atoms with Crippen LogP contribution in [0, 0.1) is 0 Å². The molecule has 0 spiro atoms. The van der Waals surface area contributed by atoms with Gasteiger partial charge in [0.05, 0.1) is 33.1 Å². The van der Waals surface area contributed by atoms with Gasteiger partial charge in [0.15, 0.2) is 29.6 Å². The van der Waals surface area contributed by atoms with E-state index in [-0.39, 0.29) is 17.9 Å². The minimum Gasteiger partial charge on any atom is -0.493 e. The van der Waals surface area contributed by atoms with E-state index < -0.39 is 11.9 Å².